The molecule has 3 aromatic rings. The van der Waals surface area contributed by atoms with Crippen LogP contribution in [0.25, 0.3) is 0 Å². The van der Waals surface area contributed by atoms with Crippen LogP contribution in [0.3, 0.4) is 0 Å². The zero-order chi connectivity index (χ0) is 25.4. The van der Waals surface area contributed by atoms with Gasteiger partial charge >= 0.3 is 10.2 Å². The second kappa shape index (κ2) is 12.3. The third kappa shape index (κ3) is 7.27. The Balaban J connectivity index is 1.21. The van der Waals surface area contributed by atoms with Crippen molar-refractivity contribution in [2.45, 2.75) is 25.4 Å². The standard InChI is InChI=1S/C27H34N4O4S/c1-35-26-10-6-22(7-11-26)17-23-13-16-31(20-23)36(33,34)30-25-8-4-21(5-9-25)12-15-29-19-27(32)24-3-2-14-28-18-24/h2-11,14,18,23,27,29-30,32H,12-13,15-17,19-20H2,1H3/t23?,27-/m0/s1. The maximum absolute atomic E-state index is 12.9. The third-order valence-corrected chi connectivity index (χ3v) is 7.98. The van der Waals surface area contributed by atoms with Gasteiger partial charge in [-0.3, -0.25) is 9.71 Å². The summed E-state index contributed by atoms with van der Waals surface area (Å²) in [6.45, 7) is 2.17. The molecule has 0 bridgehead atoms. The number of aliphatic hydroxyl groups is 1. The van der Waals surface area contributed by atoms with E-state index in [0.29, 0.717) is 37.8 Å². The molecule has 0 aliphatic carbocycles. The molecule has 1 unspecified atom stereocenters. The number of aromatic nitrogens is 1. The minimum Gasteiger partial charge on any atom is -0.497 e. The number of nitrogens with one attached hydrogen (secondary N) is 2. The fourth-order valence-electron chi connectivity index (χ4n) is 4.39. The topological polar surface area (TPSA) is 104 Å². The van der Waals surface area contributed by atoms with Crippen LogP contribution in [-0.2, 0) is 23.1 Å². The minimum absolute atomic E-state index is 0.293. The van der Waals surface area contributed by atoms with E-state index in [0.717, 1.165) is 36.1 Å². The Morgan fingerprint density at radius 2 is 1.86 bits per heavy atom. The first-order chi connectivity index (χ1) is 17.4. The Bertz CT molecular complexity index is 1190. The summed E-state index contributed by atoms with van der Waals surface area (Å²) >= 11 is 0. The molecule has 192 valence electrons. The molecule has 2 atom stereocenters. The van der Waals surface area contributed by atoms with Gasteiger partial charge in [0.2, 0.25) is 0 Å². The average molecular weight is 511 g/mol. The number of rotatable bonds is 12. The van der Waals surface area contributed by atoms with Gasteiger partial charge in [0.1, 0.15) is 5.75 Å². The van der Waals surface area contributed by atoms with Gasteiger partial charge in [-0.2, -0.15) is 12.7 Å². The van der Waals surface area contributed by atoms with Crippen molar-refractivity contribution in [1.82, 2.24) is 14.6 Å². The van der Waals surface area contributed by atoms with Crippen LogP contribution in [0, 0.1) is 5.92 Å². The number of pyridine rings is 1. The van der Waals surface area contributed by atoms with Crippen molar-refractivity contribution in [3.05, 3.63) is 89.7 Å². The second-order valence-corrected chi connectivity index (χ2v) is 10.8. The summed E-state index contributed by atoms with van der Waals surface area (Å²) in [6, 6.07) is 19.0. The Morgan fingerprint density at radius 1 is 1.11 bits per heavy atom. The van der Waals surface area contributed by atoms with Gasteiger partial charge in [0, 0.05) is 43.3 Å². The predicted molar refractivity (Wildman–Crippen MR) is 141 cm³/mol. The van der Waals surface area contributed by atoms with Crippen LogP contribution in [0.15, 0.2) is 73.1 Å². The van der Waals surface area contributed by atoms with Gasteiger partial charge < -0.3 is 15.2 Å². The lowest BCUT2D eigenvalue weighted by Gasteiger charge is -2.18. The molecule has 36 heavy (non-hydrogen) atoms. The number of anilines is 1. The summed E-state index contributed by atoms with van der Waals surface area (Å²) in [7, 11) is -1.96. The maximum Gasteiger partial charge on any atom is 0.301 e. The molecule has 2 aromatic carbocycles. The summed E-state index contributed by atoms with van der Waals surface area (Å²) in [6.07, 6.45) is 5.20. The maximum atomic E-state index is 12.9. The molecule has 0 saturated carbocycles. The van der Waals surface area contributed by atoms with E-state index in [1.165, 1.54) is 9.87 Å². The molecule has 8 nitrogen and oxygen atoms in total. The number of hydrogen-bond donors (Lipinski definition) is 3. The van der Waals surface area contributed by atoms with E-state index in [-0.39, 0.29) is 0 Å². The summed E-state index contributed by atoms with van der Waals surface area (Å²) in [5.41, 5.74) is 3.61. The molecular formula is C27H34N4O4S. The first-order valence-electron chi connectivity index (χ1n) is 12.2. The Hall–Kier alpha value is -2.98. The molecule has 0 radical (unpaired) electrons. The number of aliphatic hydroxyl groups excluding tert-OH is 1. The molecule has 0 amide bonds. The third-order valence-electron chi connectivity index (χ3n) is 6.47. The average Bonchev–Trinajstić information content (AvgIpc) is 3.38. The van der Waals surface area contributed by atoms with E-state index >= 15 is 0 Å². The Kier molecular flexibility index (Phi) is 8.93. The lowest BCUT2D eigenvalue weighted by molar-refractivity contribution is 0.174. The number of hydrogen-bond acceptors (Lipinski definition) is 6. The van der Waals surface area contributed by atoms with Gasteiger partial charge in [-0.1, -0.05) is 30.3 Å². The summed E-state index contributed by atoms with van der Waals surface area (Å²) < 4.78 is 35.3. The van der Waals surface area contributed by atoms with Gasteiger partial charge in [0.25, 0.3) is 0 Å². The fraction of sp³-hybridized carbons (Fsp3) is 0.370. The molecule has 1 aliphatic heterocycles. The molecule has 1 aromatic heterocycles. The molecule has 1 aliphatic rings. The molecule has 9 heteroatoms. The quantitative estimate of drug-likeness (QED) is 0.324. The zero-order valence-electron chi connectivity index (χ0n) is 20.5. The predicted octanol–water partition coefficient (Wildman–Crippen LogP) is 3.18. The van der Waals surface area contributed by atoms with Gasteiger partial charge in [-0.05, 0) is 73.2 Å². The van der Waals surface area contributed by atoms with Crippen LogP contribution < -0.4 is 14.8 Å². The number of methoxy groups -OCH3 is 1. The monoisotopic (exact) mass is 510 g/mol. The van der Waals surface area contributed by atoms with E-state index in [9.17, 15) is 13.5 Å². The van der Waals surface area contributed by atoms with Crippen molar-refractivity contribution >= 4 is 15.9 Å². The second-order valence-electron chi connectivity index (χ2n) is 9.13. The largest absolute Gasteiger partial charge is 0.497 e. The molecule has 1 fully saturated rings. The van der Waals surface area contributed by atoms with E-state index in [2.05, 4.69) is 15.0 Å². The van der Waals surface area contributed by atoms with Crippen LogP contribution in [0.2, 0.25) is 0 Å². The highest BCUT2D eigenvalue weighted by atomic mass is 32.2. The van der Waals surface area contributed by atoms with Gasteiger partial charge in [0.05, 0.1) is 13.2 Å². The Labute approximate surface area is 213 Å². The van der Waals surface area contributed by atoms with Gasteiger partial charge in [-0.15, -0.1) is 0 Å². The van der Waals surface area contributed by atoms with Crippen LogP contribution in [0.5, 0.6) is 5.75 Å². The number of benzene rings is 2. The fourth-order valence-corrected chi connectivity index (χ4v) is 5.71. The molecular weight excluding hydrogens is 476 g/mol. The molecule has 2 heterocycles. The van der Waals surface area contributed by atoms with Gasteiger partial charge in [-0.25, -0.2) is 0 Å². The van der Waals surface area contributed by atoms with E-state index in [4.69, 9.17) is 4.74 Å². The van der Waals surface area contributed by atoms with Crippen LogP contribution >= 0.6 is 0 Å². The normalized spacial score (nSPS) is 17.1. The Morgan fingerprint density at radius 3 is 2.56 bits per heavy atom. The smallest absolute Gasteiger partial charge is 0.301 e. The van der Waals surface area contributed by atoms with E-state index in [1.54, 1.807) is 37.7 Å². The van der Waals surface area contributed by atoms with E-state index < -0.39 is 16.3 Å². The number of nitrogens with zero attached hydrogens (tertiary/aromatic N) is 2. The number of ether oxygens (including phenoxy) is 1. The van der Waals surface area contributed by atoms with Gasteiger partial charge in [0.15, 0.2) is 0 Å². The first-order valence-corrected chi connectivity index (χ1v) is 13.7. The van der Waals surface area contributed by atoms with Crippen LogP contribution in [0.1, 0.15) is 29.2 Å². The van der Waals surface area contributed by atoms with Crippen molar-refractivity contribution in [2.24, 2.45) is 5.92 Å². The zero-order valence-corrected chi connectivity index (χ0v) is 21.3. The summed E-state index contributed by atoms with van der Waals surface area (Å²) in [5.74, 6) is 1.11. The van der Waals surface area contributed by atoms with Crippen LogP contribution in [-0.4, -0.2) is 56.1 Å². The highest BCUT2D eigenvalue weighted by Gasteiger charge is 2.31. The van der Waals surface area contributed by atoms with Crippen LogP contribution in [0.4, 0.5) is 5.69 Å². The SMILES string of the molecule is COc1ccc(CC2CCN(S(=O)(=O)Nc3ccc(CCNC[C@H](O)c4cccnc4)cc3)C2)cc1. The van der Waals surface area contributed by atoms with E-state index in [1.807, 2.05) is 42.5 Å². The molecule has 0 spiro atoms. The molecule has 3 N–H and O–H groups in total. The minimum atomic E-state index is -3.60. The van der Waals surface area contributed by atoms with Crippen molar-refractivity contribution in [1.29, 1.82) is 0 Å². The summed E-state index contributed by atoms with van der Waals surface area (Å²) in [5, 5.41) is 13.4. The lowest BCUT2D eigenvalue weighted by atomic mass is 9.99. The first kappa shape index (κ1) is 26.1. The molecule has 4 rings (SSSR count). The van der Waals surface area contributed by atoms with Crippen molar-refractivity contribution in [2.75, 3.05) is 38.0 Å². The highest BCUT2D eigenvalue weighted by Crippen LogP contribution is 2.25. The van der Waals surface area contributed by atoms with Crippen molar-refractivity contribution in [3.8, 4) is 5.75 Å². The van der Waals surface area contributed by atoms with Crippen molar-refractivity contribution < 1.29 is 18.3 Å². The summed E-state index contributed by atoms with van der Waals surface area (Å²) in [4.78, 5) is 4.02. The van der Waals surface area contributed by atoms with Crippen molar-refractivity contribution in [3.63, 3.8) is 0 Å². The lowest BCUT2D eigenvalue weighted by Crippen LogP contribution is -2.34. The molecule has 1 saturated heterocycles. The highest BCUT2D eigenvalue weighted by molar-refractivity contribution is 7.90.